The van der Waals surface area contributed by atoms with Crippen LogP contribution in [0, 0.1) is 0 Å². The first kappa shape index (κ1) is 25.7. The van der Waals surface area contributed by atoms with Gasteiger partial charge in [-0.1, -0.05) is 83.6 Å². The third-order valence-electron chi connectivity index (χ3n) is 5.01. The number of hydrogen-bond donors (Lipinski definition) is 2. The molecule has 0 spiro atoms. The van der Waals surface area contributed by atoms with Gasteiger partial charge in [0.2, 0.25) is 5.44 Å². The zero-order chi connectivity index (χ0) is 21.5. The van der Waals surface area contributed by atoms with Crippen LogP contribution in [0.15, 0.2) is 18.2 Å². The van der Waals surface area contributed by atoms with Crippen LogP contribution in [0.4, 0.5) is 0 Å². The summed E-state index contributed by atoms with van der Waals surface area (Å²) in [6.45, 7) is 2.80. The predicted octanol–water partition coefficient (Wildman–Crippen LogP) is 5.65. The van der Waals surface area contributed by atoms with Crippen molar-refractivity contribution < 1.29 is 27.6 Å². The standard InChI is InChI=1S/C22H38O6S/c1-3-4-5-6-7-8-9-10-11-12-13-14-17-28-20-16-15-19(18-21(20)27-2)22(23)29(24,25)26/h15-16,18,22-23H,3-14,17H2,1-2H3,(H,24,25,26). The molecule has 0 amide bonds. The highest BCUT2D eigenvalue weighted by Gasteiger charge is 2.23. The Kier molecular flexibility index (Phi) is 13.0. The van der Waals surface area contributed by atoms with Gasteiger partial charge in [-0.2, -0.15) is 8.42 Å². The number of rotatable bonds is 17. The first-order chi connectivity index (χ1) is 13.9. The van der Waals surface area contributed by atoms with Crippen molar-refractivity contribution >= 4 is 10.1 Å². The first-order valence-corrected chi connectivity index (χ1v) is 12.4. The number of ether oxygens (including phenoxy) is 2. The van der Waals surface area contributed by atoms with Crippen molar-refractivity contribution in [1.82, 2.24) is 0 Å². The van der Waals surface area contributed by atoms with Gasteiger partial charge in [-0.05, 0) is 18.6 Å². The average molecular weight is 431 g/mol. The van der Waals surface area contributed by atoms with E-state index in [0.29, 0.717) is 18.1 Å². The lowest BCUT2D eigenvalue weighted by Crippen LogP contribution is -2.11. The van der Waals surface area contributed by atoms with E-state index in [-0.39, 0.29) is 5.56 Å². The van der Waals surface area contributed by atoms with Crippen LogP contribution < -0.4 is 9.47 Å². The van der Waals surface area contributed by atoms with E-state index >= 15 is 0 Å². The molecule has 6 nitrogen and oxygen atoms in total. The SMILES string of the molecule is CCCCCCCCCCCCCCOc1ccc(C(O)S(=O)(=O)O)cc1OC. The van der Waals surface area contributed by atoms with E-state index in [1.807, 2.05) is 0 Å². The van der Waals surface area contributed by atoms with Crippen molar-refractivity contribution in [1.29, 1.82) is 0 Å². The summed E-state index contributed by atoms with van der Waals surface area (Å²) in [7, 11) is -3.14. The lowest BCUT2D eigenvalue weighted by atomic mass is 10.1. The van der Waals surface area contributed by atoms with Gasteiger partial charge in [0.15, 0.2) is 11.5 Å². The van der Waals surface area contributed by atoms with Crippen molar-refractivity contribution in [2.24, 2.45) is 0 Å². The molecule has 0 aromatic heterocycles. The minimum Gasteiger partial charge on any atom is -0.493 e. The second-order valence-corrected chi connectivity index (χ2v) is 8.99. The van der Waals surface area contributed by atoms with Crippen LogP contribution >= 0.6 is 0 Å². The summed E-state index contributed by atoms with van der Waals surface area (Å²) in [5.41, 5.74) is -1.97. The third-order valence-corrected chi connectivity index (χ3v) is 5.85. The van der Waals surface area contributed by atoms with Crippen LogP contribution in [0.3, 0.4) is 0 Å². The fourth-order valence-electron chi connectivity index (χ4n) is 3.25. The second kappa shape index (κ2) is 14.6. The van der Waals surface area contributed by atoms with Gasteiger partial charge < -0.3 is 14.6 Å². The molecule has 1 aromatic carbocycles. The molecule has 0 heterocycles. The highest BCUT2D eigenvalue weighted by atomic mass is 32.2. The van der Waals surface area contributed by atoms with Gasteiger partial charge in [0.25, 0.3) is 10.1 Å². The Bertz CT molecular complexity index is 659. The molecule has 2 N–H and O–H groups in total. The van der Waals surface area contributed by atoms with Crippen molar-refractivity contribution in [2.45, 2.75) is 89.4 Å². The summed E-state index contributed by atoms with van der Waals surface area (Å²) in [4.78, 5) is 0. The molecule has 7 heteroatoms. The second-order valence-electron chi connectivity index (χ2n) is 7.52. The molecule has 1 rings (SSSR count). The summed E-state index contributed by atoms with van der Waals surface area (Å²) in [6.07, 6.45) is 15.3. The number of methoxy groups -OCH3 is 1. The number of hydrogen-bond acceptors (Lipinski definition) is 5. The monoisotopic (exact) mass is 430 g/mol. The molecular weight excluding hydrogens is 392 g/mol. The molecule has 168 valence electrons. The Hall–Kier alpha value is -1.31. The lowest BCUT2D eigenvalue weighted by molar-refractivity contribution is 0.237. The molecule has 0 fully saturated rings. The van der Waals surface area contributed by atoms with Gasteiger partial charge >= 0.3 is 0 Å². The summed E-state index contributed by atoms with van der Waals surface area (Å²) in [5.74, 6) is 0.811. The number of aliphatic hydroxyl groups excluding tert-OH is 1. The van der Waals surface area contributed by atoms with E-state index in [4.69, 9.17) is 14.0 Å². The smallest absolute Gasteiger partial charge is 0.296 e. The van der Waals surface area contributed by atoms with Crippen molar-refractivity contribution in [3.8, 4) is 11.5 Å². The predicted molar refractivity (Wildman–Crippen MR) is 116 cm³/mol. The minimum absolute atomic E-state index is 0.0297. The summed E-state index contributed by atoms with van der Waals surface area (Å²) >= 11 is 0. The third kappa shape index (κ3) is 10.9. The maximum atomic E-state index is 11.1. The van der Waals surface area contributed by atoms with Crippen LogP contribution in [-0.2, 0) is 10.1 Å². The van der Waals surface area contributed by atoms with E-state index in [2.05, 4.69) is 6.92 Å². The van der Waals surface area contributed by atoms with E-state index in [9.17, 15) is 13.5 Å². The average Bonchev–Trinajstić information content (AvgIpc) is 2.70. The molecule has 29 heavy (non-hydrogen) atoms. The van der Waals surface area contributed by atoms with Gasteiger partial charge in [-0.3, -0.25) is 4.55 Å². The molecule has 0 aliphatic heterocycles. The highest BCUT2D eigenvalue weighted by molar-refractivity contribution is 7.85. The normalized spacial score (nSPS) is 12.7. The van der Waals surface area contributed by atoms with Crippen LogP contribution in [0.25, 0.3) is 0 Å². The van der Waals surface area contributed by atoms with Gasteiger partial charge in [-0.25, -0.2) is 0 Å². The van der Waals surface area contributed by atoms with Gasteiger partial charge in [0.05, 0.1) is 13.7 Å². The lowest BCUT2D eigenvalue weighted by Gasteiger charge is -2.14. The Balaban J connectivity index is 2.18. The fourth-order valence-corrected chi connectivity index (χ4v) is 3.74. The molecule has 0 bridgehead atoms. The topological polar surface area (TPSA) is 93.1 Å². The molecular formula is C22H38O6S. The summed E-state index contributed by atoms with van der Waals surface area (Å²) in [6, 6.07) is 4.30. The maximum absolute atomic E-state index is 11.1. The van der Waals surface area contributed by atoms with Crippen molar-refractivity contribution in [3.05, 3.63) is 23.8 Å². The van der Waals surface area contributed by atoms with E-state index < -0.39 is 15.6 Å². The Labute approximate surface area is 176 Å². The van der Waals surface area contributed by atoms with Gasteiger partial charge in [-0.15, -0.1) is 0 Å². The molecule has 0 radical (unpaired) electrons. The molecule has 1 aromatic rings. The first-order valence-electron chi connectivity index (χ1n) is 10.8. The van der Waals surface area contributed by atoms with Crippen molar-refractivity contribution in [3.63, 3.8) is 0 Å². The number of aliphatic hydroxyl groups is 1. The van der Waals surface area contributed by atoms with E-state index in [1.54, 1.807) is 6.07 Å². The summed E-state index contributed by atoms with van der Waals surface area (Å²) in [5, 5.41) is 9.63. The van der Waals surface area contributed by atoms with Crippen molar-refractivity contribution in [2.75, 3.05) is 13.7 Å². The Morgan fingerprint density at radius 2 is 1.38 bits per heavy atom. The van der Waals surface area contributed by atoms with Gasteiger partial charge in [0.1, 0.15) is 0 Å². The molecule has 0 aliphatic carbocycles. The van der Waals surface area contributed by atoms with E-state index in [0.717, 1.165) is 12.8 Å². The van der Waals surface area contributed by atoms with Gasteiger partial charge in [0, 0.05) is 5.56 Å². The Morgan fingerprint density at radius 1 is 0.862 bits per heavy atom. The number of benzene rings is 1. The quantitative estimate of drug-likeness (QED) is 0.245. The van der Waals surface area contributed by atoms with Crippen LogP contribution in [0.5, 0.6) is 11.5 Å². The largest absolute Gasteiger partial charge is 0.493 e. The molecule has 0 saturated carbocycles. The van der Waals surface area contributed by atoms with Crippen LogP contribution in [-0.4, -0.2) is 31.8 Å². The highest BCUT2D eigenvalue weighted by Crippen LogP contribution is 2.31. The zero-order valence-electron chi connectivity index (χ0n) is 17.9. The minimum atomic E-state index is -4.58. The summed E-state index contributed by atoms with van der Waals surface area (Å²) < 4.78 is 42.0. The maximum Gasteiger partial charge on any atom is 0.296 e. The molecule has 0 saturated heterocycles. The molecule has 1 atom stereocenters. The van der Waals surface area contributed by atoms with E-state index in [1.165, 1.54) is 83.5 Å². The molecule has 0 aliphatic rings. The molecule has 1 unspecified atom stereocenters. The Morgan fingerprint density at radius 3 is 1.86 bits per heavy atom. The number of unbranched alkanes of at least 4 members (excludes halogenated alkanes) is 11. The van der Waals surface area contributed by atoms with Crippen LogP contribution in [0.1, 0.15) is 95.0 Å². The van der Waals surface area contributed by atoms with Crippen LogP contribution in [0.2, 0.25) is 0 Å². The zero-order valence-corrected chi connectivity index (χ0v) is 18.8. The fraction of sp³-hybridized carbons (Fsp3) is 0.727.